The Hall–Kier alpha value is -4.51. The maximum absolute atomic E-state index is 12.8. The quantitative estimate of drug-likeness (QED) is 0.215. The molecule has 0 aliphatic heterocycles. The molecule has 4 rings (SSSR count). The lowest BCUT2D eigenvalue weighted by Crippen LogP contribution is -2.00. The Bertz CT molecular complexity index is 1300. The van der Waals surface area contributed by atoms with E-state index in [4.69, 9.17) is 14.2 Å². The van der Waals surface area contributed by atoms with E-state index < -0.39 is 0 Å². The smallest absolute Gasteiger partial charge is 0.189 e. The molecule has 0 heterocycles. The Morgan fingerprint density at radius 3 is 2.09 bits per heavy atom. The van der Waals surface area contributed by atoms with E-state index in [1.165, 1.54) is 31.4 Å². The number of phenolic OH excluding ortho intramolecular Hbond substituents is 1. The highest BCUT2D eigenvalue weighted by molar-refractivity contribution is 6.08. The number of benzene rings is 4. The highest BCUT2D eigenvalue weighted by atomic mass is 16.5. The molecule has 0 bridgehead atoms. The van der Waals surface area contributed by atoms with Gasteiger partial charge in [0.15, 0.2) is 5.78 Å². The highest BCUT2D eigenvalue weighted by Crippen LogP contribution is 2.29. The normalized spacial score (nSPS) is 10.8. The van der Waals surface area contributed by atoms with E-state index in [1.54, 1.807) is 6.08 Å². The fraction of sp³-hybridized carbons (Fsp3) is 0.100. The van der Waals surface area contributed by atoms with Gasteiger partial charge in [-0.3, -0.25) is 4.79 Å². The van der Waals surface area contributed by atoms with Gasteiger partial charge in [0.1, 0.15) is 36.2 Å². The summed E-state index contributed by atoms with van der Waals surface area (Å²) in [6, 6.07) is 29.7. The fourth-order valence-corrected chi connectivity index (χ4v) is 3.48. The molecule has 0 saturated carbocycles. The standard InChI is InChI=1S/C30H26O5/c1-33-30-18-25(31)14-16-27(30)28(32)17-13-24-12-15-26(34-20-22-8-4-2-5-9-22)19-29(24)35-21-23-10-6-3-7-11-23/h2-19,31H,20-21H2,1H3. The molecule has 0 amide bonds. The average Bonchev–Trinajstić information content (AvgIpc) is 2.91. The molecule has 4 aromatic rings. The lowest BCUT2D eigenvalue weighted by molar-refractivity contribution is 0.104. The van der Waals surface area contributed by atoms with Crippen LogP contribution in [-0.2, 0) is 13.2 Å². The van der Waals surface area contributed by atoms with Crippen molar-refractivity contribution in [2.24, 2.45) is 0 Å². The topological polar surface area (TPSA) is 65.0 Å². The molecule has 0 unspecified atom stereocenters. The zero-order valence-corrected chi connectivity index (χ0v) is 19.4. The number of phenols is 1. The van der Waals surface area contributed by atoms with Crippen LogP contribution in [0.3, 0.4) is 0 Å². The van der Waals surface area contributed by atoms with Crippen LogP contribution in [0.4, 0.5) is 0 Å². The molecule has 0 aromatic heterocycles. The molecule has 0 radical (unpaired) electrons. The van der Waals surface area contributed by atoms with Crippen molar-refractivity contribution in [2.75, 3.05) is 7.11 Å². The molecular formula is C30H26O5. The Morgan fingerprint density at radius 1 is 0.771 bits per heavy atom. The minimum Gasteiger partial charge on any atom is -0.508 e. The molecule has 0 aliphatic carbocycles. The maximum Gasteiger partial charge on any atom is 0.189 e. The average molecular weight is 467 g/mol. The van der Waals surface area contributed by atoms with Crippen LogP contribution in [-0.4, -0.2) is 18.0 Å². The van der Waals surface area contributed by atoms with Gasteiger partial charge in [0.25, 0.3) is 0 Å². The van der Waals surface area contributed by atoms with Crippen LogP contribution in [0, 0.1) is 0 Å². The SMILES string of the molecule is COc1cc(O)ccc1C(=O)C=Cc1ccc(OCc2ccccc2)cc1OCc1ccccc1. The first-order valence-corrected chi connectivity index (χ1v) is 11.2. The molecule has 0 atom stereocenters. The number of ether oxygens (including phenoxy) is 3. The van der Waals surface area contributed by atoms with E-state index in [0.717, 1.165) is 16.7 Å². The second-order valence-corrected chi connectivity index (χ2v) is 7.83. The summed E-state index contributed by atoms with van der Waals surface area (Å²) in [7, 11) is 1.46. The van der Waals surface area contributed by atoms with Gasteiger partial charge in [0, 0.05) is 17.7 Å². The van der Waals surface area contributed by atoms with E-state index in [-0.39, 0.29) is 11.5 Å². The largest absolute Gasteiger partial charge is 0.508 e. The molecule has 35 heavy (non-hydrogen) atoms. The minimum absolute atomic E-state index is 0.0325. The van der Waals surface area contributed by atoms with Crippen LogP contribution in [0.1, 0.15) is 27.0 Å². The first-order valence-electron chi connectivity index (χ1n) is 11.2. The van der Waals surface area contributed by atoms with Gasteiger partial charge >= 0.3 is 0 Å². The molecule has 0 saturated heterocycles. The number of carbonyl (C=O) groups is 1. The Balaban J connectivity index is 1.56. The maximum atomic E-state index is 12.8. The van der Waals surface area contributed by atoms with Crippen molar-refractivity contribution in [3.05, 3.63) is 125 Å². The van der Waals surface area contributed by atoms with Gasteiger partial charge in [-0.25, -0.2) is 0 Å². The lowest BCUT2D eigenvalue weighted by atomic mass is 10.1. The second-order valence-electron chi connectivity index (χ2n) is 7.83. The van der Waals surface area contributed by atoms with Crippen LogP contribution >= 0.6 is 0 Å². The van der Waals surface area contributed by atoms with Gasteiger partial charge < -0.3 is 19.3 Å². The van der Waals surface area contributed by atoms with Crippen LogP contribution in [0.5, 0.6) is 23.0 Å². The summed E-state index contributed by atoms with van der Waals surface area (Å²) in [4.78, 5) is 12.8. The molecule has 5 heteroatoms. The lowest BCUT2D eigenvalue weighted by Gasteiger charge is -2.13. The van der Waals surface area contributed by atoms with Gasteiger partial charge in [-0.2, -0.15) is 0 Å². The number of carbonyl (C=O) groups excluding carboxylic acids is 1. The van der Waals surface area contributed by atoms with Crippen molar-refractivity contribution in [1.29, 1.82) is 0 Å². The van der Waals surface area contributed by atoms with Crippen molar-refractivity contribution < 1.29 is 24.1 Å². The van der Waals surface area contributed by atoms with E-state index >= 15 is 0 Å². The molecule has 4 aromatic carbocycles. The zero-order valence-electron chi connectivity index (χ0n) is 19.4. The fourth-order valence-electron chi connectivity index (χ4n) is 3.48. The number of rotatable bonds is 10. The summed E-state index contributed by atoms with van der Waals surface area (Å²) < 4.78 is 17.3. The van der Waals surface area contributed by atoms with Crippen LogP contribution in [0.2, 0.25) is 0 Å². The van der Waals surface area contributed by atoms with Gasteiger partial charge in [-0.15, -0.1) is 0 Å². The van der Waals surface area contributed by atoms with Crippen molar-refractivity contribution in [2.45, 2.75) is 13.2 Å². The van der Waals surface area contributed by atoms with E-state index in [9.17, 15) is 9.90 Å². The number of allylic oxidation sites excluding steroid dienone is 1. The molecule has 0 spiro atoms. The van der Waals surface area contributed by atoms with E-state index in [2.05, 4.69) is 0 Å². The Kier molecular flexibility index (Phi) is 7.81. The summed E-state index contributed by atoms with van der Waals surface area (Å²) in [5, 5.41) is 9.65. The van der Waals surface area contributed by atoms with Crippen molar-refractivity contribution in [1.82, 2.24) is 0 Å². The first kappa shape index (κ1) is 23.6. The summed E-state index contributed by atoms with van der Waals surface area (Å²) in [6.07, 6.45) is 3.17. The van der Waals surface area contributed by atoms with Crippen LogP contribution < -0.4 is 14.2 Å². The Labute approximate surface area is 204 Å². The van der Waals surface area contributed by atoms with Gasteiger partial charge in [-0.05, 0) is 47.5 Å². The number of ketones is 1. The van der Waals surface area contributed by atoms with Gasteiger partial charge in [-0.1, -0.05) is 60.7 Å². The van der Waals surface area contributed by atoms with Crippen LogP contribution in [0.25, 0.3) is 6.08 Å². The second kappa shape index (κ2) is 11.6. The molecule has 5 nitrogen and oxygen atoms in total. The van der Waals surface area contributed by atoms with Gasteiger partial charge in [0.2, 0.25) is 0 Å². The summed E-state index contributed by atoms with van der Waals surface area (Å²) in [6.45, 7) is 0.816. The zero-order chi connectivity index (χ0) is 24.5. The highest BCUT2D eigenvalue weighted by Gasteiger charge is 2.11. The third-order valence-electron chi connectivity index (χ3n) is 5.34. The third kappa shape index (κ3) is 6.51. The van der Waals surface area contributed by atoms with Crippen molar-refractivity contribution >= 4 is 11.9 Å². The number of methoxy groups -OCH3 is 1. The number of hydrogen-bond donors (Lipinski definition) is 1. The van der Waals surface area contributed by atoms with E-state index in [0.29, 0.717) is 36.0 Å². The van der Waals surface area contributed by atoms with Crippen molar-refractivity contribution in [3.63, 3.8) is 0 Å². The molecule has 0 fully saturated rings. The molecule has 1 N–H and O–H groups in total. The Morgan fingerprint density at radius 2 is 1.43 bits per heavy atom. The first-order chi connectivity index (χ1) is 17.1. The predicted molar refractivity (Wildman–Crippen MR) is 136 cm³/mol. The predicted octanol–water partition coefficient (Wildman–Crippen LogP) is 6.45. The third-order valence-corrected chi connectivity index (χ3v) is 5.34. The molecular weight excluding hydrogens is 440 g/mol. The summed E-state index contributed by atoms with van der Waals surface area (Å²) >= 11 is 0. The van der Waals surface area contributed by atoms with Crippen molar-refractivity contribution in [3.8, 4) is 23.0 Å². The minimum atomic E-state index is -0.250. The molecule has 176 valence electrons. The number of aromatic hydroxyl groups is 1. The summed E-state index contributed by atoms with van der Waals surface area (Å²) in [5.74, 6) is 1.36. The number of hydrogen-bond acceptors (Lipinski definition) is 5. The van der Waals surface area contributed by atoms with E-state index in [1.807, 2.05) is 78.9 Å². The van der Waals surface area contributed by atoms with Gasteiger partial charge in [0.05, 0.1) is 12.7 Å². The summed E-state index contributed by atoms with van der Waals surface area (Å²) in [5.41, 5.74) is 3.19. The monoisotopic (exact) mass is 466 g/mol. The molecule has 0 aliphatic rings. The van der Waals surface area contributed by atoms with Crippen LogP contribution in [0.15, 0.2) is 103 Å².